The van der Waals surface area contributed by atoms with Crippen molar-refractivity contribution in [3.05, 3.63) is 24.3 Å². The zero-order valence-electron chi connectivity index (χ0n) is 43.0. The second-order valence-electron chi connectivity index (χ2n) is 19.6. The van der Waals surface area contributed by atoms with Crippen LogP contribution in [0.2, 0.25) is 0 Å². The predicted octanol–water partition coefficient (Wildman–Crippen LogP) is 17.5. The molecule has 0 saturated heterocycles. The fourth-order valence-electron chi connectivity index (χ4n) is 8.81. The van der Waals surface area contributed by atoms with Crippen LogP contribution >= 0.6 is 0 Å². The van der Waals surface area contributed by atoms with Crippen molar-refractivity contribution in [2.45, 2.75) is 321 Å². The van der Waals surface area contributed by atoms with E-state index in [9.17, 15) is 19.8 Å². The van der Waals surface area contributed by atoms with Gasteiger partial charge in [0.1, 0.15) is 0 Å². The molecule has 0 aliphatic heterocycles. The molecule has 0 saturated carbocycles. The van der Waals surface area contributed by atoms with E-state index in [0.717, 1.165) is 44.9 Å². The number of carbonyl (C=O) groups excluding carboxylic acids is 2. The summed E-state index contributed by atoms with van der Waals surface area (Å²) in [5, 5.41) is 22.9. The normalized spacial score (nSPS) is 12.8. The highest BCUT2D eigenvalue weighted by atomic mass is 16.5. The maximum Gasteiger partial charge on any atom is 0.305 e. The van der Waals surface area contributed by atoms with Gasteiger partial charge >= 0.3 is 5.97 Å². The molecule has 2 unspecified atom stereocenters. The second-order valence-corrected chi connectivity index (χ2v) is 19.6. The number of aliphatic hydroxyl groups excluding tert-OH is 2. The molecule has 3 N–H and O–H groups in total. The molecule has 2 atom stereocenters. The molecule has 0 aliphatic rings. The van der Waals surface area contributed by atoms with Crippen molar-refractivity contribution in [1.29, 1.82) is 0 Å². The average Bonchev–Trinajstić information content (AvgIpc) is 3.29. The monoisotopic (exact) mass is 902 g/mol. The Kier molecular flexibility index (Phi) is 52.6. The predicted molar refractivity (Wildman–Crippen MR) is 278 cm³/mol. The molecule has 0 aromatic rings. The number of unbranched alkanes of at least 4 members (excludes halogenated alkanes) is 40. The van der Waals surface area contributed by atoms with Crippen molar-refractivity contribution >= 4 is 11.9 Å². The van der Waals surface area contributed by atoms with E-state index in [2.05, 4.69) is 31.3 Å². The lowest BCUT2D eigenvalue weighted by molar-refractivity contribution is -0.143. The topological polar surface area (TPSA) is 95.9 Å². The first kappa shape index (κ1) is 62.3. The Bertz CT molecular complexity index is 997. The largest absolute Gasteiger partial charge is 0.466 e. The van der Waals surface area contributed by atoms with Gasteiger partial charge in [-0.25, -0.2) is 0 Å². The maximum atomic E-state index is 12.4. The Balaban J connectivity index is 3.34. The van der Waals surface area contributed by atoms with E-state index in [0.29, 0.717) is 19.4 Å². The summed E-state index contributed by atoms with van der Waals surface area (Å²) in [5.74, 6) is -0.0615. The zero-order valence-corrected chi connectivity index (χ0v) is 43.0. The number of rotatable bonds is 53. The van der Waals surface area contributed by atoms with E-state index in [-0.39, 0.29) is 18.5 Å². The molecule has 6 nitrogen and oxygen atoms in total. The van der Waals surface area contributed by atoms with Gasteiger partial charge in [0.2, 0.25) is 5.91 Å². The summed E-state index contributed by atoms with van der Waals surface area (Å²) in [6, 6.07) is -0.623. The van der Waals surface area contributed by atoms with Gasteiger partial charge in [0.05, 0.1) is 25.4 Å². The number of allylic oxidation sites excluding steroid dienone is 3. The Morgan fingerprint density at radius 1 is 0.422 bits per heavy atom. The molecule has 64 heavy (non-hydrogen) atoms. The smallest absolute Gasteiger partial charge is 0.305 e. The molecular formula is C58H111NO5. The third-order valence-electron chi connectivity index (χ3n) is 13.2. The van der Waals surface area contributed by atoms with Crippen LogP contribution in [0.25, 0.3) is 0 Å². The Morgan fingerprint density at radius 2 is 0.734 bits per heavy atom. The zero-order chi connectivity index (χ0) is 46.5. The highest BCUT2D eigenvalue weighted by Gasteiger charge is 2.18. The lowest BCUT2D eigenvalue weighted by Gasteiger charge is -2.20. The maximum absolute atomic E-state index is 12.4. The summed E-state index contributed by atoms with van der Waals surface area (Å²) in [4.78, 5) is 24.4. The van der Waals surface area contributed by atoms with Crippen LogP contribution in [0, 0.1) is 0 Å². The third kappa shape index (κ3) is 49.8. The molecule has 0 spiro atoms. The van der Waals surface area contributed by atoms with Crippen LogP contribution in [0.5, 0.6) is 0 Å². The molecule has 0 aromatic heterocycles. The molecule has 0 aliphatic carbocycles. The van der Waals surface area contributed by atoms with Gasteiger partial charge in [-0.2, -0.15) is 0 Å². The summed E-state index contributed by atoms with van der Waals surface area (Å²) >= 11 is 0. The molecule has 0 heterocycles. The van der Waals surface area contributed by atoms with Gasteiger partial charge in [0.25, 0.3) is 0 Å². The number of hydrogen-bond acceptors (Lipinski definition) is 5. The van der Waals surface area contributed by atoms with Crippen molar-refractivity contribution in [3.8, 4) is 0 Å². The van der Waals surface area contributed by atoms with E-state index in [1.54, 1.807) is 6.08 Å². The standard InChI is InChI=1S/C58H111NO5/c1-3-5-7-9-11-13-14-32-36-40-44-48-52-58(63)64-53-49-45-41-37-33-30-28-26-24-22-20-18-16-15-17-19-21-23-25-27-29-31-35-39-43-47-51-57(62)59-55(54-60)56(61)50-46-42-38-34-12-10-8-6-4-2/h11,13,46,50,55-56,60-61H,3-10,12,14-45,47-49,51-54H2,1-2H3,(H,59,62)/b13-11-,50-46+. The molecule has 0 radical (unpaired) electrons. The fraction of sp³-hybridized carbons (Fsp3) is 0.897. The van der Waals surface area contributed by atoms with Crippen LogP contribution in [0.1, 0.15) is 309 Å². The van der Waals surface area contributed by atoms with E-state index >= 15 is 0 Å². The minimum absolute atomic E-state index is 0.00647. The summed E-state index contributed by atoms with van der Waals surface area (Å²) < 4.78 is 5.46. The minimum atomic E-state index is -0.840. The Labute approximate surface area is 399 Å². The van der Waals surface area contributed by atoms with Crippen molar-refractivity contribution in [1.82, 2.24) is 5.32 Å². The highest BCUT2D eigenvalue weighted by Crippen LogP contribution is 2.17. The quantitative estimate of drug-likeness (QED) is 0.0321. The lowest BCUT2D eigenvalue weighted by Crippen LogP contribution is -2.45. The molecule has 0 bridgehead atoms. The van der Waals surface area contributed by atoms with Crippen molar-refractivity contribution in [2.24, 2.45) is 0 Å². The summed E-state index contributed by atoms with van der Waals surface area (Å²) in [7, 11) is 0. The molecule has 0 aromatic carbocycles. The summed E-state index contributed by atoms with van der Waals surface area (Å²) in [6.07, 6.45) is 65.1. The molecule has 6 heteroatoms. The van der Waals surface area contributed by atoms with Crippen LogP contribution in [-0.2, 0) is 14.3 Å². The number of esters is 1. The average molecular weight is 903 g/mol. The van der Waals surface area contributed by atoms with Crippen molar-refractivity contribution < 1.29 is 24.5 Å². The molecule has 0 rings (SSSR count). The number of aliphatic hydroxyl groups is 2. The summed E-state index contributed by atoms with van der Waals surface area (Å²) in [5.41, 5.74) is 0. The van der Waals surface area contributed by atoms with Crippen LogP contribution in [0.4, 0.5) is 0 Å². The van der Waals surface area contributed by atoms with E-state index in [1.807, 2.05) is 6.08 Å². The van der Waals surface area contributed by atoms with E-state index < -0.39 is 12.1 Å². The lowest BCUT2D eigenvalue weighted by atomic mass is 10.0. The molecule has 1 amide bonds. The summed E-state index contributed by atoms with van der Waals surface area (Å²) in [6.45, 7) is 4.86. The van der Waals surface area contributed by atoms with E-state index in [4.69, 9.17) is 4.74 Å². The first-order valence-electron chi connectivity index (χ1n) is 28.6. The number of hydrogen-bond donors (Lipinski definition) is 3. The van der Waals surface area contributed by atoms with Gasteiger partial charge in [-0.15, -0.1) is 0 Å². The Morgan fingerprint density at radius 3 is 1.14 bits per heavy atom. The van der Waals surface area contributed by atoms with Crippen LogP contribution in [-0.4, -0.2) is 47.4 Å². The number of carbonyl (C=O) groups is 2. The minimum Gasteiger partial charge on any atom is -0.466 e. The highest BCUT2D eigenvalue weighted by molar-refractivity contribution is 5.76. The van der Waals surface area contributed by atoms with Gasteiger partial charge < -0.3 is 20.3 Å². The van der Waals surface area contributed by atoms with Gasteiger partial charge in [-0.1, -0.05) is 263 Å². The first-order valence-corrected chi connectivity index (χ1v) is 28.6. The fourth-order valence-corrected chi connectivity index (χ4v) is 8.81. The Hall–Kier alpha value is -1.66. The number of ether oxygens (including phenoxy) is 1. The van der Waals surface area contributed by atoms with Gasteiger partial charge in [-0.05, 0) is 57.8 Å². The SMILES string of the molecule is CCCCC/C=C\CCCCCCCC(=O)OCCCCCCCCCCCCCCCCCCCCCCCCCCCCC(=O)NC(CO)C(O)/C=C/CCCCCCCCC. The second kappa shape index (κ2) is 54.0. The van der Waals surface area contributed by atoms with Gasteiger partial charge in [0, 0.05) is 12.8 Å². The van der Waals surface area contributed by atoms with Crippen LogP contribution in [0.15, 0.2) is 24.3 Å². The third-order valence-corrected chi connectivity index (χ3v) is 13.2. The first-order chi connectivity index (χ1) is 31.5. The number of amides is 1. The van der Waals surface area contributed by atoms with Gasteiger partial charge in [0.15, 0.2) is 0 Å². The van der Waals surface area contributed by atoms with E-state index in [1.165, 1.54) is 238 Å². The van der Waals surface area contributed by atoms with Crippen LogP contribution in [0.3, 0.4) is 0 Å². The number of nitrogens with one attached hydrogen (secondary N) is 1. The molecule has 0 fully saturated rings. The molecular weight excluding hydrogens is 791 g/mol. The van der Waals surface area contributed by atoms with Gasteiger partial charge in [-0.3, -0.25) is 9.59 Å². The van der Waals surface area contributed by atoms with Crippen molar-refractivity contribution in [3.63, 3.8) is 0 Å². The van der Waals surface area contributed by atoms with Crippen LogP contribution < -0.4 is 5.32 Å². The molecule has 378 valence electrons. The van der Waals surface area contributed by atoms with Crippen molar-refractivity contribution in [2.75, 3.05) is 13.2 Å².